The Kier molecular flexibility index (Phi) is 41.6. The van der Waals surface area contributed by atoms with Gasteiger partial charge in [0.05, 0.1) is 43.6 Å². The normalized spacial score (nSPS) is 15.4. The Balaban J connectivity index is 1.27. The van der Waals surface area contributed by atoms with Crippen LogP contribution in [0.25, 0.3) is 0 Å². The molecule has 0 bridgehead atoms. The smallest absolute Gasteiger partial charge is 0.303 e. The summed E-state index contributed by atoms with van der Waals surface area (Å²) in [6.45, 7) is 6.52. The second-order valence-corrected chi connectivity index (χ2v) is 29.9. The van der Waals surface area contributed by atoms with Crippen LogP contribution >= 0.6 is 0 Å². The number of primary amides is 2. The number of nitrogens with two attached hydrogens (primary N) is 4. The van der Waals surface area contributed by atoms with E-state index in [0.29, 0.717) is 36.1 Å². The maximum Gasteiger partial charge on any atom is 0.303 e. The van der Waals surface area contributed by atoms with E-state index in [1.807, 2.05) is 0 Å². The van der Waals surface area contributed by atoms with Gasteiger partial charge in [0.15, 0.2) is 5.96 Å². The lowest BCUT2D eigenvalue weighted by Gasteiger charge is -2.31. The third-order valence-corrected chi connectivity index (χ3v) is 19.6. The Labute approximate surface area is 713 Å². The summed E-state index contributed by atoms with van der Waals surface area (Å²) < 4.78 is 0. The van der Waals surface area contributed by atoms with Gasteiger partial charge in [-0.15, -0.1) is 0 Å². The number of aromatic hydroxyl groups is 1. The number of carboxylic acids is 1. The standard InChI is InChI=1S/C78H115N25O21/c1-7-49(94-74(121)58(37-104)93-61(108)36-87-67(114)55(32-47-35-85-39-89-47)99-70(117)51(18-13-27-86-78(82)83)95-65(112)41(4)90-69(116)50(17-11-12-26-79)96-71(118)52(92-43(6)105)24-25-62(109)110)68(115)100-56(33-60(80)107)72(119)98-54(29-45-20-22-48(106)23-21-45)73(120)102-63(40(2)3)76(123)101-57(30-44-15-9-8-10-16-44)77(124)103-28-14-19-59(103)75(122)91-42(5)66(113)97-53(64(81)111)31-46-34-84-38-88-46/h8-10,15-16,20-23,34-35,38-42,49-59,63,104,106H,7,11-14,17-19,24-33,36-37,79H2,1-6H3,(H2,80,107)(H2,81,111)(H,84,88)(H,85,89)(H,87,114)(H,90,116)(H,91,122)(H,92,105)(H,93,108)(H,94,121)(H,95,112)(H,96,118)(H,97,113)(H,98,119)(H,99,117)(H,100,115)(H,101,123)(H,102,120)(H,109,110)(H4,82,83,86)/t41-,42-,49?,50-,51-,52-,53-,54-,55-,56-,57-,58-,59-,63-/m0/s1. The first-order chi connectivity index (χ1) is 58.8. The molecular formula is C78H115N25O21. The Morgan fingerprint density at radius 1 is 0.524 bits per heavy atom. The second-order valence-electron chi connectivity index (χ2n) is 29.9. The number of amides is 17. The number of benzene rings is 2. The van der Waals surface area contributed by atoms with Gasteiger partial charge in [0.25, 0.3) is 0 Å². The molecule has 5 rings (SSSR count). The first-order valence-electron chi connectivity index (χ1n) is 40.3. The number of phenolic OH excluding ortho intramolecular Hbond substituents is 1. The predicted octanol–water partition coefficient (Wildman–Crippen LogP) is -7.75. The fourth-order valence-corrected chi connectivity index (χ4v) is 12.9. The molecule has 0 aliphatic carbocycles. The lowest BCUT2D eigenvalue weighted by molar-refractivity contribution is -0.142. The van der Waals surface area contributed by atoms with E-state index < -0.39 is 229 Å². The molecular weight excluding hydrogens is 1620 g/mol. The molecule has 1 aliphatic rings. The second kappa shape index (κ2) is 51.2. The van der Waals surface area contributed by atoms with Crippen LogP contribution in [0.5, 0.6) is 5.75 Å². The van der Waals surface area contributed by atoms with Crippen molar-refractivity contribution in [2.24, 2.45) is 28.9 Å². The molecule has 46 nitrogen and oxygen atoms in total. The number of imidazole rings is 2. The lowest BCUT2D eigenvalue weighted by Crippen LogP contribution is -2.62. The minimum atomic E-state index is -1.90. The number of likely N-dealkylation sites (tertiary alicyclic amines) is 1. The van der Waals surface area contributed by atoms with Crippen LogP contribution in [0.4, 0.5) is 0 Å². The van der Waals surface area contributed by atoms with E-state index in [9.17, 15) is 102 Å². The van der Waals surface area contributed by atoms with Gasteiger partial charge in [0.2, 0.25) is 100 Å². The molecule has 2 aromatic heterocycles. The zero-order valence-corrected chi connectivity index (χ0v) is 69.6. The molecule has 14 atom stereocenters. The number of nitrogens with one attached hydrogen (secondary N) is 18. The third kappa shape index (κ3) is 34.4. The maximum absolute atomic E-state index is 14.8. The van der Waals surface area contributed by atoms with Crippen molar-refractivity contribution < 1.29 is 102 Å². The summed E-state index contributed by atoms with van der Waals surface area (Å²) in [5, 5.41) is 74.6. The molecule has 1 unspecified atom stereocenters. The van der Waals surface area contributed by atoms with Crippen molar-refractivity contribution in [3.05, 3.63) is 102 Å². The minimum absolute atomic E-state index is 0.00964. The van der Waals surface area contributed by atoms with Crippen molar-refractivity contribution in [2.45, 2.75) is 222 Å². The summed E-state index contributed by atoms with van der Waals surface area (Å²) in [4.78, 5) is 260. The van der Waals surface area contributed by atoms with E-state index in [1.165, 1.54) is 75.0 Å². The highest BCUT2D eigenvalue weighted by molar-refractivity contribution is 6.01. The number of aliphatic carboxylic acids is 1. The van der Waals surface area contributed by atoms with Crippen molar-refractivity contribution in [3.8, 4) is 5.75 Å². The summed E-state index contributed by atoms with van der Waals surface area (Å²) in [6, 6.07) is -6.70. The molecule has 1 aliphatic heterocycles. The monoisotopic (exact) mass is 1740 g/mol. The van der Waals surface area contributed by atoms with Gasteiger partial charge in [-0.25, -0.2) is 9.97 Å². The first kappa shape index (κ1) is 101. The number of H-pyrrole nitrogens is 2. The predicted molar refractivity (Wildman–Crippen MR) is 441 cm³/mol. The maximum atomic E-state index is 14.8. The Morgan fingerprint density at radius 3 is 1.56 bits per heavy atom. The average molecular weight is 1740 g/mol. The number of carbonyl (C=O) groups excluding carboxylic acids is 17. The number of hydrogen-bond acceptors (Lipinski definition) is 24. The van der Waals surface area contributed by atoms with Crippen LogP contribution in [0.3, 0.4) is 0 Å². The molecule has 0 saturated carbocycles. The third-order valence-electron chi connectivity index (χ3n) is 19.6. The van der Waals surface area contributed by atoms with Crippen molar-refractivity contribution in [2.75, 3.05) is 32.8 Å². The largest absolute Gasteiger partial charge is 0.508 e. The first-order valence-corrected chi connectivity index (χ1v) is 40.3. The van der Waals surface area contributed by atoms with E-state index in [0.717, 1.165) is 6.92 Å². The van der Waals surface area contributed by atoms with Gasteiger partial charge in [-0.05, 0) is 107 Å². The number of aliphatic hydroxyl groups is 1. The zero-order valence-electron chi connectivity index (χ0n) is 69.6. The highest BCUT2D eigenvalue weighted by Crippen LogP contribution is 2.22. The summed E-state index contributed by atoms with van der Waals surface area (Å²) in [7, 11) is 0. The summed E-state index contributed by atoms with van der Waals surface area (Å²) in [6.07, 6.45) is 3.72. The van der Waals surface area contributed by atoms with Crippen molar-refractivity contribution in [1.29, 1.82) is 5.41 Å². The van der Waals surface area contributed by atoms with Crippen LogP contribution in [-0.4, -0.2) is 270 Å². The molecule has 1 saturated heterocycles. The lowest BCUT2D eigenvalue weighted by atomic mass is 9.99. The van der Waals surface area contributed by atoms with Crippen LogP contribution in [0, 0.1) is 11.3 Å². The number of aliphatic hydroxyl groups excluding tert-OH is 1. The summed E-state index contributed by atoms with van der Waals surface area (Å²) >= 11 is 0. The number of guanidine groups is 1. The van der Waals surface area contributed by atoms with Gasteiger partial charge >= 0.3 is 5.97 Å². The Morgan fingerprint density at radius 2 is 1.02 bits per heavy atom. The Bertz CT molecular complexity index is 4330. The van der Waals surface area contributed by atoms with Gasteiger partial charge in [0, 0.05) is 64.5 Å². The van der Waals surface area contributed by atoms with E-state index in [4.69, 9.17) is 28.3 Å². The number of hydrogen-bond donors (Lipinski definition) is 25. The average Bonchev–Trinajstić information content (AvgIpc) is 1.73. The number of rotatable bonds is 53. The topological polar surface area (TPSA) is 737 Å². The number of phenols is 1. The van der Waals surface area contributed by atoms with E-state index >= 15 is 0 Å². The molecule has 124 heavy (non-hydrogen) atoms. The number of unbranched alkanes of at least 4 members (excludes halogenated alkanes) is 1. The van der Waals surface area contributed by atoms with Crippen LogP contribution in [0.1, 0.15) is 135 Å². The summed E-state index contributed by atoms with van der Waals surface area (Å²) in [5.41, 5.74) is 23.8. The Hall–Kier alpha value is -13.7. The van der Waals surface area contributed by atoms with E-state index in [-0.39, 0.29) is 95.3 Å². The van der Waals surface area contributed by atoms with E-state index in [1.54, 1.807) is 44.2 Å². The minimum Gasteiger partial charge on any atom is -0.508 e. The van der Waals surface area contributed by atoms with Crippen molar-refractivity contribution >= 4 is 112 Å². The fraction of sp³-hybridized carbons (Fsp3) is 0.526. The van der Waals surface area contributed by atoms with E-state index in [2.05, 4.69) is 99.7 Å². The van der Waals surface area contributed by atoms with Crippen LogP contribution in [0.2, 0.25) is 0 Å². The highest BCUT2D eigenvalue weighted by atomic mass is 16.4. The molecule has 29 N–H and O–H groups in total. The van der Waals surface area contributed by atoms with Gasteiger partial charge in [-0.3, -0.25) is 91.7 Å². The number of aromatic nitrogens is 4. The number of carbonyl (C=O) groups is 18. The number of carboxylic acid groups (broad SMARTS) is 1. The molecule has 46 heteroatoms. The molecule has 1 fully saturated rings. The quantitative estimate of drug-likeness (QED) is 0.0111. The molecule has 17 amide bonds. The van der Waals surface area contributed by atoms with Crippen molar-refractivity contribution in [1.82, 2.24) is 105 Å². The molecule has 4 aromatic rings. The molecule has 678 valence electrons. The SMILES string of the molecule is CCC(NC(=O)[C@H](CO)NC(=O)CNC(=O)[C@H](Cc1c[nH]cn1)NC(=O)[C@H](CCCNC(=N)N)NC(=O)[C@H](C)NC(=O)[C@H](CCCCN)NC(=O)[C@H](CCC(=O)O)NC(C)=O)C(=O)N[C@@H](CC(N)=O)C(=O)N[C@@H](Cc1ccc(O)cc1)C(=O)N[C@H](C(=O)N[C@@H](Cc1ccccc1)C(=O)N1CCC[C@H]1C(=O)N[C@@H](C)C(=O)N[C@@H](Cc1c[nH]cn1)C(N)=O)C(C)C. The van der Waals surface area contributed by atoms with Gasteiger partial charge in [-0.2, -0.15) is 0 Å². The molecule has 3 heterocycles. The van der Waals surface area contributed by atoms with Crippen molar-refractivity contribution in [3.63, 3.8) is 0 Å². The van der Waals surface area contributed by atoms with Gasteiger partial charge in [0.1, 0.15) is 90.3 Å². The van der Waals surface area contributed by atoms with Gasteiger partial charge < -0.3 is 133 Å². The fourth-order valence-electron chi connectivity index (χ4n) is 12.9. The van der Waals surface area contributed by atoms with Crippen LogP contribution in [0.15, 0.2) is 79.6 Å². The zero-order chi connectivity index (χ0) is 91.9. The highest BCUT2D eigenvalue weighted by Gasteiger charge is 2.42. The number of aromatic amines is 2. The molecule has 2 aromatic carbocycles. The molecule has 0 radical (unpaired) electrons. The molecule has 0 spiro atoms. The van der Waals surface area contributed by atoms with Crippen LogP contribution < -0.4 is 103 Å². The summed E-state index contributed by atoms with van der Waals surface area (Å²) in [5.74, 6) is -18.7. The van der Waals surface area contributed by atoms with Crippen LogP contribution in [-0.2, 0) is 112 Å². The van der Waals surface area contributed by atoms with Gasteiger partial charge in [-0.1, -0.05) is 63.2 Å². The number of nitrogens with zero attached hydrogens (tertiary/aromatic N) is 3.